The standard InChI is InChI=1S/C17H24N2S/c1-14(11-17-9-6-10-20-17)19(2)16(13-18)12-15-7-4-3-5-8-15/h3-10,14,16H,11-13,18H2,1-2H3. The molecule has 0 saturated carbocycles. The Morgan fingerprint density at radius 1 is 1.10 bits per heavy atom. The number of thiophene rings is 1. The van der Waals surface area contributed by atoms with Crippen LogP contribution >= 0.6 is 11.3 Å². The zero-order chi connectivity index (χ0) is 14.4. The van der Waals surface area contributed by atoms with Crippen molar-refractivity contribution in [3.63, 3.8) is 0 Å². The normalized spacial score (nSPS) is 14.4. The van der Waals surface area contributed by atoms with Gasteiger partial charge in [0.25, 0.3) is 0 Å². The minimum atomic E-state index is 0.396. The molecule has 0 fully saturated rings. The molecule has 0 saturated heterocycles. The summed E-state index contributed by atoms with van der Waals surface area (Å²) in [4.78, 5) is 3.87. The van der Waals surface area contributed by atoms with Gasteiger partial charge in [0.05, 0.1) is 0 Å². The Kier molecular flexibility index (Phi) is 5.77. The average Bonchev–Trinajstić information content (AvgIpc) is 2.98. The van der Waals surface area contributed by atoms with Gasteiger partial charge >= 0.3 is 0 Å². The Bertz CT molecular complexity index is 481. The first-order chi connectivity index (χ1) is 9.70. The van der Waals surface area contributed by atoms with Crippen molar-refractivity contribution < 1.29 is 0 Å². The SMILES string of the molecule is CC(Cc1cccs1)N(C)C(CN)Cc1ccccc1. The predicted octanol–water partition coefficient (Wildman–Crippen LogP) is 3.18. The summed E-state index contributed by atoms with van der Waals surface area (Å²) in [5, 5.41) is 2.15. The highest BCUT2D eigenvalue weighted by Crippen LogP contribution is 2.16. The Balaban J connectivity index is 1.95. The van der Waals surface area contributed by atoms with Gasteiger partial charge in [-0.3, -0.25) is 4.90 Å². The smallest absolute Gasteiger partial charge is 0.0258 e. The van der Waals surface area contributed by atoms with Crippen molar-refractivity contribution in [1.82, 2.24) is 4.90 Å². The molecule has 1 aromatic carbocycles. The van der Waals surface area contributed by atoms with E-state index in [1.165, 1.54) is 10.4 Å². The van der Waals surface area contributed by atoms with Crippen LogP contribution in [0.3, 0.4) is 0 Å². The van der Waals surface area contributed by atoms with E-state index >= 15 is 0 Å². The van der Waals surface area contributed by atoms with Crippen LogP contribution in [0.15, 0.2) is 47.8 Å². The maximum absolute atomic E-state index is 5.99. The largest absolute Gasteiger partial charge is 0.329 e. The van der Waals surface area contributed by atoms with Crippen molar-refractivity contribution in [2.24, 2.45) is 5.73 Å². The molecule has 0 amide bonds. The number of hydrogen-bond acceptors (Lipinski definition) is 3. The molecule has 108 valence electrons. The van der Waals surface area contributed by atoms with Gasteiger partial charge in [-0.15, -0.1) is 11.3 Å². The van der Waals surface area contributed by atoms with Crippen molar-refractivity contribution in [2.75, 3.05) is 13.6 Å². The Labute approximate surface area is 126 Å². The number of hydrogen-bond donors (Lipinski definition) is 1. The van der Waals surface area contributed by atoms with E-state index in [4.69, 9.17) is 5.73 Å². The summed E-state index contributed by atoms with van der Waals surface area (Å²) in [5.74, 6) is 0. The first-order valence-electron chi connectivity index (χ1n) is 7.19. The van der Waals surface area contributed by atoms with Crippen molar-refractivity contribution in [3.05, 3.63) is 58.3 Å². The zero-order valence-electron chi connectivity index (χ0n) is 12.3. The molecule has 2 unspecified atom stereocenters. The van der Waals surface area contributed by atoms with Crippen molar-refractivity contribution >= 4 is 11.3 Å². The molecule has 1 aromatic heterocycles. The van der Waals surface area contributed by atoms with Crippen LogP contribution in [-0.2, 0) is 12.8 Å². The third-order valence-corrected chi connectivity index (χ3v) is 4.83. The second-order valence-electron chi connectivity index (χ2n) is 5.38. The van der Waals surface area contributed by atoms with Crippen LogP contribution in [0.25, 0.3) is 0 Å². The zero-order valence-corrected chi connectivity index (χ0v) is 13.1. The fourth-order valence-corrected chi connectivity index (χ4v) is 3.33. The second-order valence-corrected chi connectivity index (χ2v) is 6.41. The summed E-state index contributed by atoms with van der Waals surface area (Å²) >= 11 is 1.83. The lowest BCUT2D eigenvalue weighted by atomic mass is 10.0. The van der Waals surface area contributed by atoms with Gasteiger partial charge in [-0.2, -0.15) is 0 Å². The molecular weight excluding hydrogens is 264 g/mol. The van der Waals surface area contributed by atoms with Crippen molar-refractivity contribution in [2.45, 2.75) is 31.8 Å². The maximum Gasteiger partial charge on any atom is 0.0258 e. The minimum absolute atomic E-state index is 0.396. The van der Waals surface area contributed by atoms with E-state index < -0.39 is 0 Å². The van der Waals surface area contributed by atoms with E-state index in [2.05, 4.69) is 66.7 Å². The third kappa shape index (κ3) is 4.17. The Morgan fingerprint density at radius 3 is 2.45 bits per heavy atom. The maximum atomic E-state index is 5.99. The van der Waals surface area contributed by atoms with Gasteiger partial charge in [-0.05, 0) is 43.8 Å². The van der Waals surface area contributed by atoms with E-state index in [1.807, 2.05) is 11.3 Å². The van der Waals surface area contributed by atoms with Crippen LogP contribution in [-0.4, -0.2) is 30.6 Å². The molecule has 2 N–H and O–H groups in total. The third-order valence-electron chi connectivity index (χ3n) is 3.93. The van der Waals surface area contributed by atoms with E-state index in [0.29, 0.717) is 18.6 Å². The number of nitrogens with two attached hydrogens (primary N) is 1. The van der Waals surface area contributed by atoms with Crippen LogP contribution in [0.4, 0.5) is 0 Å². The molecule has 20 heavy (non-hydrogen) atoms. The van der Waals surface area contributed by atoms with Crippen LogP contribution in [0.1, 0.15) is 17.4 Å². The van der Waals surface area contributed by atoms with Gasteiger partial charge in [-0.25, -0.2) is 0 Å². The number of likely N-dealkylation sites (N-methyl/N-ethyl adjacent to an activating group) is 1. The van der Waals surface area contributed by atoms with E-state index in [9.17, 15) is 0 Å². The monoisotopic (exact) mass is 288 g/mol. The first kappa shape index (κ1) is 15.2. The molecule has 0 bridgehead atoms. The molecule has 0 aliphatic carbocycles. The molecule has 1 heterocycles. The number of benzene rings is 1. The van der Waals surface area contributed by atoms with E-state index in [-0.39, 0.29) is 0 Å². The Morgan fingerprint density at radius 2 is 1.85 bits per heavy atom. The first-order valence-corrected chi connectivity index (χ1v) is 8.07. The minimum Gasteiger partial charge on any atom is -0.329 e. The summed E-state index contributed by atoms with van der Waals surface area (Å²) in [6, 6.07) is 15.8. The summed E-state index contributed by atoms with van der Waals surface area (Å²) in [7, 11) is 2.19. The molecule has 2 nitrogen and oxygen atoms in total. The highest BCUT2D eigenvalue weighted by molar-refractivity contribution is 7.09. The predicted molar refractivity (Wildman–Crippen MR) is 88.2 cm³/mol. The summed E-state index contributed by atoms with van der Waals surface area (Å²) in [5.41, 5.74) is 7.35. The molecule has 3 heteroatoms. The molecule has 0 aliphatic heterocycles. The lowest BCUT2D eigenvalue weighted by molar-refractivity contribution is 0.186. The summed E-state index contributed by atoms with van der Waals surface area (Å²) < 4.78 is 0. The Hall–Kier alpha value is -1.16. The highest BCUT2D eigenvalue weighted by Gasteiger charge is 2.19. The quantitative estimate of drug-likeness (QED) is 0.848. The number of nitrogens with zero attached hydrogens (tertiary/aromatic N) is 1. The lowest BCUT2D eigenvalue weighted by Gasteiger charge is -2.32. The van der Waals surface area contributed by atoms with E-state index in [0.717, 1.165) is 12.8 Å². The van der Waals surface area contributed by atoms with Crippen LogP contribution in [0.5, 0.6) is 0 Å². The topological polar surface area (TPSA) is 29.3 Å². The highest BCUT2D eigenvalue weighted by atomic mass is 32.1. The van der Waals surface area contributed by atoms with Crippen LogP contribution in [0, 0.1) is 0 Å². The lowest BCUT2D eigenvalue weighted by Crippen LogP contribution is -2.45. The average molecular weight is 288 g/mol. The van der Waals surface area contributed by atoms with Gasteiger partial charge < -0.3 is 5.73 Å². The van der Waals surface area contributed by atoms with Crippen LogP contribution < -0.4 is 5.73 Å². The van der Waals surface area contributed by atoms with Gasteiger partial charge in [0.2, 0.25) is 0 Å². The van der Waals surface area contributed by atoms with Gasteiger partial charge in [0.15, 0.2) is 0 Å². The molecule has 0 radical (unpaired) electrons. The molecule has 0 spiro atoms. The van der Waals surface area contributed by atoms with Crippen molar-refractivity contribution in [3.8, 4) is 0 Å². The van der Waals surface area contributed by atoms with Crippen LogP contribution in [0.2, 0.25) is 0 Å². The summed E-state index contributed by atoms with van der Waals surface area (Å²) in [6.45, 7) is 2.98. The molecule has 2 aromatic rings. The molecular formula is C17H24N2S. The summed E-state index contributed by atoms with van der Waals surface area (Å²) in [6.07, 6.45) is 2.11. The van der Waals surface area contributed by atoms with Crippen molar-refractivity contribution in [1.29, 1.82) is 0 Å². The fourth-order valence-electron chi connectivity index (χ4n) is 2.50. The molecule has 2 atom stereocenters. The van der Waals surface area contributed by atoms with E-state index in [1.54, 1.807) is 0 Å². The number of rotatable bonds is 7. The fraction of sp³-hybridized carbons (Fsp3) is 0.412. The van der Waals surface area contributed by atoms with Gasteiger partial charge in [0.1, 0.15) is 0 Å². The molecule has 0 aliphatic rings. The van der Waals surface area contributed by atoms with Gasteiger partial charge in [-0.1, -0.05) is 36.4 Å². The molecule has 2 rings (SSSR count). The second kappa shape index (κ2) is 7.58. The van der Waals surface area contributed by atoms with Gasteiger partial charge in [0, 0.05) is 23.5 Å².